The minimum Gasteiger partial charge on any atom is -0.494 e. The molecule has 5 heteroatoms. The summed E-state index contributed by atoms with van der Waals surface area (Å²) >= 11 is 0. The van der Waals surface area contributed by atoms with Crippen LogP contribution < -0.4 is 4.74 Å². The molecule has 0 radical (unpaired) electrons. The van der Waals surface area contributed by atoms with Crippen LogP contribution in [0.3, 0.4) is 0 Å². The first kappa shape index (κ1) is 14.7. The summed E-state index contributed by atoms with van der Waals surface area (Å²) in [5, 5.41) is 0. The molecule has 4 nitrogen and oxygen atoms in total. The minimum absolute atomic E-state index is 0.00651. The number of ketones is 1. The van der Waals surface area contributed by atoms with Gasteiger partial charge in [-0.1, -0.05) is 18.2 Å². The Labute approximate surface area is 121 Å². The van der Waals surface area contributed by atoms with Crippen LogP contribution in [-0.2, 0) is 4.74 Å². The molecule has 0 saturated heterocycles. The third-order valence-corrected chi connectivity index (χ3v) is 3.00. The van der Waals surface area contributed by atoms with Crippen LogP contribution in [0.15, 0.2) is 42.5 Å². The molecule has 0 unspecified atom stereocenters. The van der Waals surface area contributed by atoms with E-state index in [1.54, 1.807) is 0 Å². The highest BCUT2D eigenvalue weighted by Gasteiger charge is 2.17. The van der Waals surface area contributed by atoms with E-state index in [1.165, 1.54) is 56.7 Å². The number of halogens is 1. The Hall–Kier alpha value is -2.69. The van der Waals surface area contributed by atoms with Crippen LogP contribution in [0.2, 0.25) is 0 Å². The van der Waals surface area contributed by atoms with Gasteiger partial charge in [0, 0.05) is 5.56 Å². The molecule has 0 N–H and O–H groups in total. The van der Waals surface area contributed by atoms with Crippen molar-refractivity contribution in [1.29, 1.82) is 0 Å². The lowest BCUT2D eigenvalue weighted by Gasteiger charge is -2.07. The Bertz CT molecular complexity index is 677. The number of carbonyl (C=O) groups excluding carboxylic acids is 2. The minimum atomic E-state index is -0.706. The number of carbonyl (C=O) groups is 2. The summed E-state index contributed by atoms with van der Waals surface area (Å²) in [5.74, 6) is -1.68. The number of esters is 1. The maximum Gasteiger partial charge on any atom is 0.337 e. The third kappa shape index (κ3) is 2.91. The van der Waals surface area contributed by atoms with Crippen molar-refractivity contribution in [3.8, 4) is 5.75 Å². The van der Waals surface area contributed by atoms with Gasteiger partial charge in [0.1, 0.15) is 0 Å². The van der Waals surface area contributed by atoms with Gasteiger partial charge in [0.2, 0.25) is 0 Å². The van der Waals surface area contributed by atoms with E-state index in [4.69, 9.17) is 4.74 Å². The second kappa shape index (κ2) is 6.17. The van der Waals surface area contributed by atoms with Crippen LogP contribution in [0.5, 0.6) is 5.75 Å². The number of hydrogen-bond acceptors (Lipinski definition) is 4. The SMILES string of the molecule is COC(=O)c1ccc(C(=O)c2cccc(OC)c2F)cc1. The molecular formula is C16H13FO4. The molecule has 2 aromatic carbocycles. The number of benzene rings is 2. The maximum absolute atomic E-state index is 14.1. The summed E-state index contributed by atoms with van der Waals surface area (Å²) in [7, 11) is 2.60. The van der Waals surface area contributed by atoms with E-state index in [9.17, 15) is 14.0 Å². The van der Waals surface area contributed by atoms with Crippen molar-refractivity contribution < 1.29 is 23.5 Å². The molecule has 0 saturated carbocycles. The molecular weight excluding hydrogens is 275 g/mol. The van der Waals surface area contributed by atoms with Crippen molar-refractivity contribution in [3.63, 3.8) is 0 Å². The molecule has 0 aromatic heterocycles. The molecule has 2 aromatic rings. The zero-order valence-electron chi connectivity index (χ0n) is 11.6. The predicted molar refractivity (Wildman–Crippen MR) is 74.2 cm³/mol. The highest BCUT2D eigenvalue weighted by Crippen LogP contribution is 2.22. The van der Waals surface area contributed by atoms with Crippen molar-refractivity contribution in [2.24, 2.45) is 0 Å². The number of ether oxygens (including phenoxy) is 2. The summed E-state index contributed by atoms with van der Waals surface area (Å²) in [4.78, 5) is 23.6. The summed E-state index contributed by atoms with van der Waals surface area (Å²) in [6.45, 7) is 0. The van der Waals surface area contributed by atoms with Gasteiger partial charge in [-0.05, 0) is 24.3 Å². The van der Waals surface area contributed by atoms with Gasteiger partial charge in [-0.3, -0.25) is 4.79 Å². The fourth-order valence-electron chi connectivity index (χ4n) is 1.87. The van der Waals surface area contributed by atoms with Gasteiger partial charge in [-0.2, -0.15) is 0 Å². The van der Waals surface area contributed by atoms with Crippen molar-refractivity contribution in [2.45, 2.75) is 0 Å². The van der Waals surface area contributed by atoms with Crippen LogP contribution in [0.25, 0.3) is 0 Å². The molecule has 0 aliphatic rings. The van der Waals surface area contributed by atoms with E-state index in [0.29, 0.717) is 5.56 Å². The van der Waals surface area contributed by atoms with Crippen LogP contribution in [0, 0.1) is 5.82 Å². The van der Waals surface area contributed by atoms with E-state index < -0.39 is 17.6 Å². The molecule has 0 heterocycles. The molecule has 0 fully saturated rings. The maximum atomic E-state index is 14.1. The van der Waals surface area contributed by atoms with Crippen LogP contribution in [0.4, 0.5) is 4.39 Å². The highest BCUT2D eigenvalue weighted by atomic mass is 19.1. The zero-order valence-corrected chi connectivity index (χ0v) is 11.6. The standard InChI is InChI=1S/C16H13FO4/c1-20-13-5-3-4-12(14(13)17)15(18)10-6-8-11(9-7-10)16(19)21-2/h3-9H,1-2H3. The average Bonchev–Trinajstić information content (AvgIpc) is 2.54. The fourth-order valence-corrected chi connectivity index (χ4v) is 1.87. The third-order valence-electron chi connectivity index (χ3n) is 3.00. The van der Waals surface area contributed by atoms with E-state index in [-0.39, 0.29) is 16.9 Å². The Morgan fingerprint density at radius 3 is 2.14 bits per heavy atom. The quantitative estimate of drug-likeness (QED) is 0.641. The first-order valence-electron chi connectivity index (χ1n) is 6.14. The molecule has 21 heavy (non-hydrogen) atoms. The smallest absolute Gasteiger partial charge is 0.337 e. The van der Waals surface area contributed by atoms with Crippen LogP contribution in [0.1, 0.15) is 26.3 Å². The molecule has 2 rings (SSSR count). The van der Waals surface area contributed by atoms with Gasteiger partial charge in [-0.15, -0.1) is 0 Å². The normalized spacial score (nSPS) is 10.0. The topological polar surface area (TPSA) is 52.6 Å². The first-order valence-corrected chi connectivity index (χ1v) is 6.14. The summed E-state index contributed by atoms with van der Waals surface area (Å²) in [6.07, 6.45) is 0. The van der Waals surface area contributed by atoms with Gasteiger partial charge in [0.15, 0.2) is 17.3 Å². The highest BCUT2D eigenvalue weighted by molar-refractivity contribution is 6.09. The van der Waals surface area contributed by atoms with E-state index in [0.717, 1.165) is 0 Å². The second-order valence-electron chi connectivity index (χ2n) is 4.22. The van der Waals surface area contributed by atoms with Crippen LogP contribution >= 0.6 is 0 Å². The summed E-state index contributed by atoms with van der Waals surface area (Å²) in [6, 6.07) is 10.2. The lowest BCUT2D eigenvalue weighted by atomic mass is 10.0. The molecule has 0 aliphatic heterocycles. The molecule has 0 bridgehead atoms. The fraction of sp³-hybridized carbons (Fsp3) is 0.125. The van der Waals surface area contributed by atoms with Gasteiger partial charge >= 0.3 is 5.97 Å². The van der Waals surface area contributed by atoms with E-state index in [1.807, 2.05) is 0 Å². The lowest BCUT2D eigenvalue weighted by molar-refractivity contribution is 0.0600. The first-order chi connectivity index (χ1) is 10.1. The van der Waals surface area contributed by atoms with E-state index in [2.05, 4.69) is 4.74 Å². The van der Waals surface area contributed by atoms with Crippen molar-refractivity contribution >= 4 is 11.8 Å². The Balaban J connectivity index is 2.34. The molecule has 0 amide bonds. The van der Waals surface area contributed by atoms with Crippen molar-refractivity contribution in [2.75, 3.05) is 14.2 Å². The monoisotopic (exact) mass is 288 g/mol. The van der Waals surface area contributed by atoms with Gasteiger partial charge in [-0.25, -0.2) is 9.18 Å². The number of hydrogen-bond donors (Lipinski definition) is 0. The molecule has 0 aliphatic carbocycles. The summed E-state index contributed by atoms with van der Waals surface area (Å²) < 4.78 is 23.5. The Morgan fingerprint density at radius 1 is 0.952 bits per heavy atom. The van der Waals surface area contributed by atoms with Crippen LogP contribution in [-0.4, -0.2) is 26.0 Å². The van der Waals surface area contributed by atoms with Crippen molar-refractivity contribution in [1.82, 2.24) is 0 Å². The van der Waals surface area contributed by atoms with Gasteiger partial charge in [0.25, 0.3) is 0 Å². The molecule has 0 spiro atoms. The summed E-state index contributed by atoms with van der Waals surface area (Å²) in [5.41, 5.74) is 0.509. The Morgan fingerprint density at radius 2 is 1.57 bits per heavy atom. The zero-order chi connectivity index (χ0) is 15.4. The largest absolute Gasteiger partial charge is 0.494 e. The predicted octanol–water partition coefficient (Wildman–Crippen LogP) is 2.85. The number of methoxy groups -OCH3 is 2. The van der Waals surface area contributed by atoms with E-state index >= 15 is 0 Å². The second-order valence-corrected chi connectivity index (χ2v) is 4.22. The molecule has 0 atom stereocenters. The van der Waals surface area contributed by atoms with Gasteiger partial charge in [0.05, 0.1) is 25.3 Å². The van der Waals surface area contributed by atoms with Gasteiger partial charge < -0.3 is 9.47 Å². The Kier molecular flexibility index (Phi) is 4.33. The molecule has 108 valence electrons. The lowest BCUT2D eigenvalue weighted by Crippen LogP contribution is -2.07. The average molecular weight is 288 g/mol. The van der Waals surface area contributed by atoms with Crippen molar-refractivity contribution in [3.05, 3.63) is 65.0 Å². The number of rotatable bonds is 4.